The number of anilines is 1. The van der Waals surface area contributed by atoms with Crippen LogP contribution < -0.4 is 10.6 Å². The minimum atomic E-state index is -0.266. The molecule has 0 bridgehead atoms. The first-order valence-electron chi connectivity index (χ1n) is 12.6. The monoisotopic (exact) mass is 489 g/mol. The van der Waals surface area contributed by atoms with E-state index < -0.39 is 0 Å². The molecular formula is C27H40FN3O2S. The third-order valence-corrected chi connectivity index (χ3v) is 8.08. The molecule has 2 unspecified atom stereocenters. The van der Waals surface area contributed by atoms with Crippen molar-refractivity contribution >= 4 is 22.4 Å². The van der Waals surface area contributed by atoms with E-state index in [0.29, 0.717) is 11.0 Å². The topological polar surface area (TPSA) is 63.2 Å². The van der Waals surface area contributed by atoms with Gasteiger partial charge < -0.3 is 15.4 Å². The Morgan fingerprint density at radius 2 is 2.12 bits per heavy atom. The molecule has 0 aliphatic heterocycles. The maximum absolute atomic E-state index is 13.5. The number of benzene rings is 1. The molecule has 0 saturated heterocycles. The third-order valence-electron chi connectivity index (χ3n) is 6.94. The predicted octanol–water partition coefficient (Wildman–Crippen LogP) is 6.24. The molecule has 5 nitrogen and oxygen atoms in total. The lowest BCUT2D eigenvalue weighted by Gasteiger charge is -2.29. The number of carbonyl (C=O) groups is 1. The van der Waals surface area contributed by atoms with Gasteiger partial charge in [0.25, 0.3) is 0 Å². The molecule has 34 heavy (non-hydrogen) atoms. The minimum absolute atomic E-state index is 0.0258. The summed E-state index contributed by atoms with van der Waals surface area (Å²) in [5, 5.41) is 7.28. The molecule has 188 valence electrons. The summed E-state index contributed by atoms with van der Waals surface area (Å²) < 4.78 is 19.0. The van der Waals surface area contributed by atoms with Gasteiger partial charge in [0.2, 0.25) is 5.91 Å². The van der Waals surface area contributed by atoms with Crippen LogP contribution in [0.2, 0.25) is 0 Å². The van der Waals surface area contributed by atoms with Gasteiger partial charge in [0.1, 0.15) is 5.82 Å². The lowest BCUT2D eigenvalue weighted by Crippen LogP contribution is -2.47. The Hall–Kier alpha value is -1.83. The fraction of sp³-hybridized carbons (Fsp3) is 0.630. The van der Waals surface area contributed by atoms with Gasteiger partial charge in [-0.15, -0.1) is 11.3 Å². The zero-order chi connectivity index (χ0) is 24.7. The number of hydrogen-bond acceptors (Lipinski definition) is 5. The normalized spacial score (nSPS) is 17.8. The molecule has 0 radical (unpaired) electrons. The third kappa shape index (κ3) is 7.59. The first-order valence-corrected chi connectivity index (χ1v) is 13.4. The van der Waals surface area contributed by atoms with Gasteiger partial charge in [-0.25, -0.2) is 9.37 Å². The highest BCUT2D eigenvalue weighted by Gasteiger charge is 2.26. The highest BCUT2D eigenvalue weighted by Crippen LogP contribution is 2.31. The van der Waals surface area contributed by atoms with Crippen LogP contribution in [-0.2, 0) is 22.4 Å². The first-order chi connectivity index (χ1) is 16.2. The van der Waals surface area contributed by atoms with Crippen molar-refractivity contribution in [3.8, 4) is 0 Å². The summed E-state index contributed by atoms with van der Waals surface area (Å²) in [5.74, 6) is 0.194. The van der Waals surface area contributed by atoms with Gasteiger partial charge in [-0.3, -0.25) is 4.79 Å². The predicted molar refractivity (Wildman–Crippen MR) is 138 cm³/mol. The summed E-state index contributed by atoms with van der Waals surface area (Å²) in [4.78, 5) is 18.8. The van der Waals surface area contributed by atoms with E-state index in [1.165, 1.54) is 16.5 Å². The Bertz CT molecular complexity index is 946. The highest BCUT2D eigenvalue weighted by molar-refractivity contribution is 7.15. The first kappa shape index (κ1) is 26.8. The molecule has 0 spiro atoms. The van der Waals surface area contributed by atoms with Gasteiger partial charge in [0.05, 0.1) is 11.6 Å². The van der Waals surface area contributed by atoms with Crippen molar-refractivity contribution in [2.24, 2.45) is 0 Å². The summed E-state index contributed by atoms with van der Waals surface area (Å²) >= 11 is 1.57. The summed E-state index contributed by atoms with van der Waals surface area (Å²) in [6.07, 6.45) is 9.30. The van der Waals surface area contributed by atoms with Crippen molar-refractivity contribution in [3.05, 3.63) is 46.2 Å². The quantitative estimate of drug-likeness (QED) is 0.371. The number of aromatic nitrogens is 1. The Labute approximate surface area is 207 Å². The van der Waals surface area contributed by atoms with E-state index in [4.69, 9.17) is 4.74 Å². The van der Waals surface area contributed by atoms with Gasteiger partial charge >= 0.3 is 0 Å². The second kappa shape index (κ2) is 12.2. The molecule has 2 aromatic rings. The zero-order valence-corrected chi connectivity index (χ0v) is 22.1. The van der Waals surface area contributed by atoms with Crippen LogP contribution in [-0.4, -0.2) is 35.7 Å². The van der Waals surface area contributed by atoms with Gasteiger partial charge in [0, 0.05) is 24.2 Å². The number of hydrogen-bond donors (Lipinski definition) is 2. The van der Waals surface area contributed by atoms with Crippen molar-refractivity contribution in [2.75, 3.05) is 12.4 Å². The van der Waals surface area contributed by atoms with E-state index in [1.54, 1.807) is 24.5 Å². The van der Waals surface area contributed by atoms with Crippen LogP contribution >= 0.6 is 11.3 Å². The molecule has 0 fully saturated rings. The number of nitrogens with zero attached hydrogens (tertiary/aromatic N) is 1. The van der Waals surface area contributed by atoms with Gasteiger partial charge in [-0.05, 0) is 88.0 Å². The van der Waals surface area contributed by atoms with E-state index in [2.05, 4.69) is 43.3 Å². The van der Waals surface area contributed by atoms with Crippen LogP contribution in [0.15, 0.2) is 24.4 Å². The van der Waals surface area contributed by atoms with Crippen molar-refractivity contribution in [2.45, 2.75) is 103 Å². The van der Waals surface area contributed by atoms with Crippen LogP contribution in [0.5, 0.6) is 0 Å². The Kier molecular flexibility index (Phi) is 9.63. The zero-order valence-electron chi connectivity index (χ0n) is 21.2. The van der Waals surface area contributed by atoms with Gasteiger partial charge in [-0.1, -0.05) is 26.3 Å². The maximum atomic E-state index is 13.5. The fourth-order valence-electron chi connectivity index (χ4n) is 4.57. The lowest BCUT2D eigenvalue weighted by atomic mass is 9.87. The Balaban J connectivity index is 1.53. The van der Waals surface area contributed by atoms with Crippen LogP contribution in [0.25, 0.3) is 0 Å². The Morgan fingerprint density at radius 1 is 1.32 bits per heavy atom. The summed E-state index contributed by atoms with van der Waals surface area (Å²) in [6, 6.07) is 4.99. The molecule has 1 amide bonds. The number of halogens is 1. The summed E-state index contributed by atoms with van der Waals surface area (Å²) in [7, 11) is 1.76. The Morgan fingerprint density at radius 3 is 2.85 bits per heavy atom. The molecule has 3 rings (SSSR count). The van der Waals surface area contributed by atoms with E-state index >= 15 is 0 Å². The standard InChI is InChI=1S/C27H40FN3O2S/c1-6-8-23(30-22-13-11-19-15-21(28)12-10-20(19)16-22)25(32)31-26-29-17-24(34-26)18(2)9-7-14-27(3,4)33-5/h10,12,15,17-18,22-23,30H,6-9,11,13-14,16H2,1-5H3,(H,29,31,32)/t18?,22?,23-/m0/s1. The SMILES string of the molecule is CCC[C@H](NC1CCc2cc(F)ccc2C1)C(=O)Nc1ncc(C(C)CCCC(C)(C)OC)s1. The number of ether oxygens (including phenoxy) is 1. The highest BCUT2D eigenvalue weighted by atomic mass is 32.1. The van der Waals surface area contributed by atoms with E-state index in [0.717, 1.165) is 56.9 Å². The molecule has 0 saturated carbocycles. The molecule has 7 heteroatoms. The number of rotatable bonds is 12. The number of amides is 1. The average Bonchev–Trinajstić information content (AvgIpc) is 3.27. The van der Waals surface area contributed by atoms with Crippen LogP contribution in [0.1, 0.15) is 88.1 Å². The number of thiazole rings is 1. The molecular weight excluding hydrogens is 449 g/mol. The second-order valence-electron chi connectivity index (χ2n) is 10.2. The minimum Gasteiger partial charge on any atom is -0.379 e. The van der Waals surface area contributed by atoms with Crippen molar-refractivity contribution < 1.29 is 13.9 Å². The van der Waals surface area contributed by atoms with Crippen molar-refractivity contribution in [3.63, 3.8) is 0 Å². The number of carbonyl (C=O) groups excluding carboxylic acids is 1. The van der Waals surface area contributed by atoms with E-state index in [-0.39, 0.29) is 29.4 Å². The number of methoxy groups -OCH3 is 1. The van der Waals surface area contributed by atoms with Crippen LogP contribution in [0, 0.1) is 5.82 Å². The molecule has 2 N–H and O–H groups in total. The lowest BCUT2D eigenvalue weighted by molar-refractivity contribution is -0.118. The van der Waals surface area contributed by atoms with E-state index in [9.17, 15) is 9.18 Å². The van der Waals surface area contributed by atoms with Gasteiger partial charge in [-0.2, -0.15) is 0 Å². The average molecular weight is 490 g/mol. The molecule has 1 aliphatic carbocycles. The maximum Gasteiger partial charge on any atom is 0.243 e. The fourth-order valence-corrected chi connectivity index (χ4v) is 5.48. The summed E-state index contributed by atoms with van der Waals surface area (Å²) in [6.45, 7) is 8.54. The number of nitrogens with one attached hydrogen (secondary N) is 2. The smallest absolute Gasteiger partial charge is 0.243 e. The molecule has 1 aromatic heterocycles. The summed E-state index contributed by atoms with van der Waals surface area (Å²) in [5.41, 5.74) is 2.17. The number of fused-ring (bicyclic) bond motifs is 1. The van der Waals surface area contributed by atoms with Crippen LogP contribution in [0.4, 0.5) is 9.52 Å². The van der Waals surface area contributed by atoms with Crippen LogP contribution in [0.3, 0.4) is 0 Å². The van der Waals surface area contributed by atoms with Crippen molar-refractivity contribution in [1.29, 1.82) is 0 Å². The molecule has 1 aliphatic rings. The molecule has 3 atom stereocenters. The largest absolute Gasteiger partial charge is 0.379 e. The van der Waals surface area contributed by atoms with Crippen molar-refractivity contribution in [1.82, 2.24) is 10.3 Å². The molecule has 1 aromatic carbocycles. The molecule has 1 heterocycles. The van der Waals surface area contributed by atoms with Gasteiger partial charge in [0.15, 0.2) is 5.13 Å². The number of aryl methyl sites for hydroxylation is 1. The van der Waals surface area contributed by atoms with E-state index in [1.807, 2.05) is 12.3 Å². The second-order valence-corrected chi connectivity index (χ2v) is 11.2.